The highest BCUT2D eigenvalue weighted by Gasteiger charge is 2.26. The molecule has 1 fully saturated rings. The van der Waals surface area contributed by atoms with Gasteiger partial charge in [-0.15, -0.1) is 0 Å². The van der Waals surface area contributed by atoms with Crippen molar-refractivity contribution >= 4 is 12.4 Å². The van der Waals surface area contributed by atoms with Gasteiger partial charge in [0.2, 0.25) is 0 Å². The number of aldehydes is 1. The summed E-state index contributed by atoms with van der Waals surface area (Å²) < 4.78 is 15.2. The van der Waals surface area contributed by atoms with Crippen LogP contribution in [0.5, 0.6) is 5.75 Å². The Hall–Kier alpha value is -2.04. The number of aryl methyl sites for hydroxylation is 2. The highest BCUT2D eigenvalue weighted by atomic mass is 16.8. The highest BCUT2D eigenvalue weighted by Crippen LogP contribution is 2.28. The molecule has 102 valence electrons. The van der Waals surface area contributed by atoms with Crippen LogP contribution in [0.15, 0.2) is 6.07 Å². The molecule has 2 rings (SSSR count). The predicted octanol–water partition coefficient (Wildman–Crippen LogP) is 2.34. The van der Waals surface area contributed by atoms with Crippen LogP contribution in [-0.2, 0) is 9.47 Å². The molecule has 1 aromatic carbocycles. The van der Waals surface area contributed by atoms with E-state index in [1.165, 1.54) is 0 Å². The molecule has 1 aliphatic heterocycles. The van der Waals surface area contributed by atoms with Gasteiger partial charge in [-0.25, -0.2) is 4.79 Å². The SMILES string of the molecule is Cc1cc(C)c(OCC2COC(=O)O2)c(C)c1C=O. The van der Waals surface area contributed by atoms with Gasteiger partial charge in [0.05, 0.1) is 0 Å². The van der Waals surface area contributed by atoms with Gasteiger partial charge in [0.15, 0.2) is 12.4 Å². The van der Waals surface area contributed by atoms with E-state index in [9.17, 15) is 9.59 Å². The zero-order valence-corrected chi connectivity index (χ0v) is 11.2. The van der Waals surface area contributed by atoms with Crippen LogP contribution >= 0.6 is 0 Å². The zero-order chi connectivity index (χ0) is 14.0. The zero-order valence-electron chi connectivity index (χ0n) is 11.2. The van der Waals surface area contributed by atoms with Crippen molar-refractivity contribution in [3.05, 3.63) is 28.3 Å². The minimum Gasteiger partial charge on any atom is -0.489 e. The number of carbonyl (C=O) groups is 2. The Morgan fingerprint density at radius 3 is 2.68 bits per heavy atom. The van der Waals surface area contributed by atoms with Crippen molar-refractivity contribution in [2.24, 2.45) is 0 Å². The summed E-state index contributed by atoms with van der Waals surface area (Å²) in [5, 5.41) is 0. The first-order chi connectivity index (χ1) is 9.02. The molecule has 0 amide bonds. The highest BCUT2D eigenvalue weighted by molar-refractivity contribution is 5.81. The number of rotatable bonds is 4. The Labute approximate surface area is 111 Å². The van der Waals surface area contributed by atoms with Gasteiger partial charge in [0.25, 0.3) is 0 Å². The number of carbonyl (C=O) groups excluding carboxylic acids is 2. The Balaban J connectivity index is 2.16. The van der Waals surface area contributed by atoms with Crippen LogP contribution in [0.25, 0.3) is 0 Å². The van der Waals surface area contributed by atoms with Crippen molar-refractivity contribution in [1.82, 2.24) is 0 Å². The third-order valence-corrected chi connectivity index (χ3v) is 3.14. The third kappa shape index (κ3) is 2.70. The normalized spacial score (nSPS) is 17.8. The van der Waals surface area contributed by atoms with Crippen molar-refractivity contribution in [2.45, 2.75) is 26.9 Å². The first kappa shape index (κ1) is 13.4. The molecule has 1 unspecified atom stereocenters. The van der Waals surface area contributed by atoms with Crippen molar-refractivity contribution in [1.29, 1.82) is 0 Å². The van der Waals surface area contributed by atoms with Gasteiger partial charge in [-0.1, -0.05) is 6.07 Å². The van der Waals surface area contributed by atoms with E-state index in [1.807, 2.05) is 26.8 Å². The maximum absolute atomic E-state index is 11.1. The second kappa shape index (κ2) is 5.30. The molecular weight excluding hydrogens is 248 g/mol. The molecule has 1 saturated heterocycles. The van der Waals surface area contributed by atoms with Crippen LogP contribution in [-0.4, -0.2) is 31.8 Å². The molecular formula is C14H16O5. The molecule has 1 aliphatic rings. The summed E-state index contributed by atoms with van der Waals surface area (Å²) in [6, 6.07) is 1.91. The van der Waals surface area contributed by atoms with Gasteiger partial charge >= 0.3 is 6.16 Å². The summed E-state index contributed by atoms with van der Waals surface area (Å²) in [6.45, 7) is 6.06. The lowest BCUT2D eigenvalue weighted by Gasteiger charge is -2.16. The number of hydrogen-bond donors (Lipinski definition) is 0. The van der Waals surface area contributed by atoms with Crippen molar-refractivity contribution in [3.8, 4) is 5.75 Å². The maximum Gasteiger partial charge on any atom is 0.508 e. The largest absolute Gasteiger partial charge is 0.508 e. The van der Waals surface area contributed by atoms with Crippen molar-refractivity contribution in [3.63, 3.8) is 0 Å². The molecule has 0 N–H and O–H groups in total. The van der Waals surface area contributed by atoms with Crippen LogP contribution < -0.4 is 4.74 Å². The lowest BCUT2D eigenvalue weighted by molar-refractivity contribution is 0.0980. The molecule has 0 bridgehead atoms. The van der Waals surface area contributed by atoms with Gasteiger partial charge in [-0.3, -0.25) is 4.79 Å². The predicted molar refractivity (Wildman–Crippen MR) is 67.8 cm³/mol. The second-order valence-electron chi connectivity index (χ2n) is 4.61. The average Bonchev–Trinajstić information content (AvgIpc) is 2.75. The minimum absolute atomic E-state index is 0.198. The molecule has 0 spiro atoms. The van der Waals surface area contributed by atoms with E-state index in [0.29, 0.717) is 11.3 Å². The molecule has 19 heavy (non-hydrogen) atoms. The molecule has 0 saturated carbocycles. The minimum atomic E-state index is -0.667. The van der Waals surface area contributed by atoms with Gasteiger partial charge in [0.1, 0.15) is 19.0 Å². The summed E-state index contributed by atoms with van der Waals surface area (Å²) in [5.74, 6) is 0.663. The van der Waals surface area contributed by atoms with Crippen LogP contribution in [0.1, 0.15) is 27.0 Å². The summed E-state index contributed by atoms with van der Waals surface area (Å²) in [7, 11) is 0. The maximum atomic E-state index is 11.1. The Morgan fingerprint density at radius 1 is 1.37 bits per heavy atom. The number of ether oxygens (including phenoxy) is 3. The average molecular weight is 264 g/mol. The first-order valence-electron chi connectivity index (χ1n) is 6.05. The lowest BCUT2D eigenvalue weighted by atomic mass is 9.99. The van der Waals surface area contributed by atoms with Crippen molar-refractivity contribution in [2.75, 3.05) is 13.2 Å². The molecule has 5 nitrogen and oxygen atoms in total. The number of benzene rings is 1. The molecule has 0 aliphatic carbocycles. The van der Waals surface area contributed by atoms with E-state index >= 15 is 0 Å². The van der Waals surface area contributed by atoms with Gasteiger partial charge in [-0.2, -0.15) is 0 Å². The van der Waals surface area contributed by atoms with E-state index in [4.69, 9.17) is 9.47 Å². The van der Waals surface area contributed by atoms with Gasteiger partial charge in [0, 0.05) is 11.1 Å². The molecule has 1 heterocycles. The summed E-state index contributed by atoms with van der Waals surface area (Å²) in [4.78, 5) is 21.9. The Bertz CT molecular complexity index is 521. The number of hydrogen-bond acceptors (Lipinski definition) is 5. The van der Waals surface area contributed by atoms with Crippen LogP contribution in [0, 0.1) is 20.8 Å². The van der Waals surface area contributed by atoms with E-state index < -0.39 is 12.3 Å². The topological polar surface area (TPSA) is 61.8 Å². The quantitative estimate of drug-likeness (QED) is 0.617. The lowest BCUT2D eigenvalue weighted by Crippen LogP contribution is -2.20. The molecule has 1 aromatic rings. The van der Waals surface area contributed by atoms with Crippen LogP contribution in [0.4, 0.5) is 4.79 Å². The molecule has 0 aromatic heterocycles. The molecule has 0 radical (unpaired) electrons. The van der Waals surface area contributed by atoms with Gasteiger partial charge in [-0.05, 0) is 31.9 Å². The second-order valence-corrected chi connectivity index (χ2v) is 4.61. The third-order valence-electron chi connectivity index (χ3n) is 3.14. The number of cyclic esters (lactones) is 2. The first-order valence-corrected chi connectivity index (χ1v) is 6.05. The fourth-order valence-corrected chi connectivity index (χ4v) is 2.21. The van der Waals surface area contributed by atoms with E-state index in [-0.39, 0.29) is 13.2 Å². The van der Waals surface area contributed by atoms with E-state index in [0.717, 1.165) is 23.0 Å². The smallest absolute Gasteiger partial charge is 0.489 e. The van der Waals surface area contributed by atoms with Crippen LogP contribution in [0.3, 0.4) is 0 Å². The summed E-state index contributed by atoms with van der Waals surface area (Å²) in [5.41, 5.74) is 3.32. The standard InChI is InChI=1S/C14H16O5/c1-8-4-9(2)13(10(3)12(8)5-15)17-6-11-7-18-14(16)19-11/h4-5,11H,6-7H2,1-3H3. The van der Waals surface area contributed by atoms with Crippen LogP contribution in [0.2, 0.25) is 0 Å². The van der Waals surface area contributed by atoms with Crippen molar-refractivity contribution < 1.29 is 23.8 Å². The monoisotopic (exact) mass is 264 g/mol. The summed E-state index contributed by atoms with van der Waals surface area (Å²) in [6.07, 6.45) is -0.234. The molecule has 1 atom stereocenters. The fourth-order valence-electron chi connectivity index (χ4n) is 2.21. The van der Waals surface area contributed by atoms with Gasteiger partial charge < -0.3 is 14.2 Å². The molecule has 5 heteroatoms. The Morgan fingerprint density at radius 2 is 2.11 bits per heavy atom. The fraction of sp³-hybridized carbons (Fsp3) is 0.429. The summed E-state index contributed by atoms with van der Waals surface area (Å²) >= 11 is 0. The van der Waals surface area contributed by atoms with E-state index in [2.05, 4.69) is 4.74 Å². The van der Waals surface area contributed by atoms with E-state index in [1.54, 1.807) is 0 Å². The Kier molecular flexibility index (Phi) is 3.74.